The molecule has 1 aliphatic heterocycles. The maximum absolute atomic E-state index is 13.1. The van der Waals surface area contributed by atoms with Crippen LogP contribution in [0.4, 0.5) is 11.5 Å². The monoisotopic (exact) mass is 501 g/mol. The van der Waals surface area contributed by atoms with Gasteiger partial charge in [-0.2, -0.15) is 0 Å². The summed E-state index contributed by atoms with van der Waals surface area (Å²) in [6.07, 6.45) is 6.16. The molecule has 0 spiro atoms. The number of amides is 1. The molecule has 2 aliphatic rings. The number of hydrogen-bond acceptors (Lipinski definition) is 7. The van der Waals surface area contributed by atoms with Crippen LogP contribution in [-0.4, -0.2) is 48.7 Å². The van der Waals surface area contributed by atoms with Crippen LogP contribution < -0.4 is 25.4 Å². The van der Waals surface area contributed by atoms with Crippen molar-refractivity contribution in [3.8, 4) is 22.9 Å². The van der Waals surface area contributed by atoms with Crippen LogP contribution in [0.3, 0.4) is 0 Å². The second kappa shape index (κ2) is 11.1. The maximum Gasteiger partial charge on any atom is 0.251 e. The number of anilines is 2. The second-order valence-electron chi connectivity index (χ2n) is 10.1. The number of piperidine rings is 1. The highest BCUT2D eigenvalue weighted by atomic mass is 16.5. The molecule has 1 unspecified atom stereocenters. The van der Waals surface area contributed by atoms with Crippen molar-refractivity contribution >= 4 is 17.4 Å². The second-order valence-corrected chi connectivity index (χ2v) is 10.1. The SMILES string of the molecule is COc1cc(OCC2CC2)cc(C(=O)NC(C)C2CCN(c3ccnc(-c4cccc(N)c4)n3)CC2)c1. The molecule has 8 heteroatoms. The standard InChI is InChI=1S/C29H35N5O3/c1-19(32-29(35)23-15-25(36-2)17-26(16-23)37-18-20-6-7-20)21-9-12-34(13-10-21)27-8-11-31-28(33-27)22-4-3-5-24(30)14-22/h3-5,8,11,14-17,19-21H,6-7,9-10,12-13,18,30H2,1-2H3,(H,32,35). The van der Waals surface area contributed by atoms with E-state index in [-0.39, 0.29) is 11.9 Å². The zero-order chi connectivity index (χ0) is 25.8. The minimum atomic E-state index is -0.104. The van der Waals surface area contributed by atoms with Gasteiger partial charge in [0.15, 0.2) is 5.82 Å². The summed E-state index contributed by atoms with van der Waals surface area (Å²) in [6.45, 7) is 4.52. The lowest BCUT2D eigenvalue weighted by Gasteiger charge is -2.35. The lowest BCUT2D eigenvalue weighted by molar-refractivity contribution is 0.0921. The van der Waals surface area contributed by atoms with E-state index in [4.69, 9.17) is 20.2 Å². The van der Waals surface area contributed by atoms with Gasteiger partial charge in [0.25, 0.3) is 5.91 Å². The zero-order valence-corrected chi connectivity index (χ0v) is 21.5. The molecule has 1 amide bonds. The third-order valence-electron chi connectivity index (χ3n) is 7.28. The van der Waals surface area contributed by atoms with Gasteiger partial charge in [0.1, 0.15) is 17.3 Å². The van der Waals surface area contributed by atoms with E-state index < -0.39 is 0 Å². The van der Waals surface area contributed by atoms with Crippen LogP contribution in [0.25, 0.3) is 11.4 Å². The highest BCUT2D eigenvalue weighted by Crippen LogP contribution is 2.31. The number of hydrogen-bond donors (Lipinski definition) is 2. The Morgan fingerprint density at radius 2 is 1.89 bits per heavy atom. The van der Waals surface area contributed by atoms with E-state index >= 15 is 0 Å². The average molecular weight is 502 g/mol. The molecule has 0 radical (unpaired) electrons. The van der Waals surface area contributed by atoms with Crippen molar-refractivity contribution in [1.82, 2.24) is 15.3 Å². The van der Waals surface area contributed by atoms with Crippen molar-refractivity contribution in [2.45, 2.75) is 38.6 Å². The third kappa shape index (κ3) is 6.31. The van der Waals surface area contributed by atoms with Gasteiger partial charge in [-0.25, -0.2) is 9.97 Å². The molecule has 5 rings (SSSR count). The van der Waals surface area contributed by atoms with Crippen LogP contribution >= 0.6 is 0 Å². The Labute approximate surface area is 218 Å². The van der Waals surface area contributed by atoms with Gasteiger partial charge in [0, 0.05) is 48.2 Å². The van der Waals surface area contributed by atoms with Crippen molar-refractivity contribution < 1.29 is 14.3 Å². The average Bonchev–Trinajstić information content (AvgIpc) is 3.76. The van der Waals surface area contributed by atoms with Crippen LogP contribution in [0.2, 0.25) is 0 Å². The Morgan fingerprint density at radius 3 is 2.62 bits per heavy atom. The van der Waals surface area contributed by atoms with E-state index in [0.717, 1.165) is 37.3 Å². The molecule has 2 aromatic carbocycles. The van der Waals surface area contributed by atoms with Crippen LogP contribution in [0.1, 0.15) is 43.0 Å². The Hall–Kier alpha value is -3.81. The number of nitrogens with two attached hydrogens (primary N) is 1. The minimum absolute atomic E-state index is 0.0462. The van der Waals surface area contributed by atoms with E-state index in [1.165, 1.54) is 12.8 Å². The fourth-order valence-corrected chi connectivity index (χ4v) is 4.78. The van der Waals surface area contributed by atoms with Crippen LogP contribution in [0, 0.1) is 11.8 Å². The first-order valence-electron chi connectivity index (χ1n) is 13.0. The van der Waals surface area contributed by atoms with Crippen molar-refractivity contribution in [3.05, 3.63) is 60.3 Å². The van der Waals surface area contributed by atoms with Gasteiger partial charge < -0.3 is 25.4 Å². The number of rotatable bonds is 9. The molecule has 3 aromatic rings. The molecule has 194 valence electrons. The van der Waals surface area contributed by atoms with E-state index in [1.807, 2.05) is 42.5 Å². The number of carbonyl (C=O) groups is 1. The molecular formula is C29H35N5O3. The van der Waals surface area contributed by atoms with Gasteiger partial charge in [0.2, 0.25) is 0 Å². The minimum Gasteiger partial charge on any atom is -0.497 e. The molecule has 1 aliphatic carbocycles. The van der Waals surface area contributed by atoms with Crippen molar-refractivity contribution in [1.29, 1.82) is 0 Å². The number of methoxy groups -OCH3 is 1. The smallest absolute Gasteiger partial charge is 0.251 e. The first kappa shape index (κ1) is 24.9. The number of nitrogen functional groups attached to an aromatic ring is 1. The van der Waals surface area contributed by atoms with E-state index in [9.17, 15) is 4.79 Å². The number of nitrogens with one attached hydrogen (secondary N) is 1. The summed E-state index contributed by atoms with van der Waals surface area (Å²) in [7, 11) is 1.61. The van der Waals surface area contributed by atoms with Crippen LogP contribution in [0.15, 0.2) is 54.7 Å². The molecule has 1 saturated heterocycles. The maximum atomic E-state index is 13.1. The van der Waals surface area contributed by atoms with E-state index in [2.05, 4.69) is 22.1 Å². The van der Waals surface area contributed by atoms with Crippen LogP contribution in [0.5, 0.6) is 11.5 Å². The summed E-state index contributed by atoms with van der Waals surface area (Å²) in [5.41, 5.74) is 8.09. The van der Waals surface area contributed by atoms with Gasteiger partial charge in [-0.1, -0.05) is 12.1 Å². The topological polar surface area (TPSA) is 103 Å². The predicted octanol–water partition coefficient (Wildman–Crippen LogP) is 4.56. The Kier molecular flexibility index (Phi) is 7.44. The Balaban J connectivity index is 1.18. The molecule has 8 nitrogen and oxygen atoms in total. The van der Waals surface area contributed by atoms with Crippen LogP contribution in [-0.2, 0) is 0 Å². The first-order valence-corrected chi connectivity index (χ1v) is 13.0. The fraction of sp³-hybridized carbons (Fsp3) is 0.414. The quantitative estimate of drug-likeness (QED) is 0.415. The van der Waals surface area contributed by atoms with Gasteiger partial charge in [0.05, 0.1) is 13.7 Å². The molecule has 37 heavy (non-hydrogen) atoms. The number of benzene rings is 2. The van der Waals surface area contributed by atoms with E-state index in [0.29, 0.717) is 47.0 Å². The van der Waals surface area contributed by atoms with Gasteiger partial charge in [-0.3, -0.25) is 4.79 Å². The molecule has 2 heterocycles. The summed E-state index contributed by atoms with van der Waals surface area (Å²) >= 11 is 0. The lowest BCUT2D eigenvalue weighted by atomic mass is 9.90. The van der Waals surface area contributed by atoms with Gasteiger partial charge >= 0.3 is 0 Å². The largest absolute Gasteiger partial charge is 0.497 e. The van der Waals surface area contributed by atoms with Crippen molar-refractivity contribution in [2.75, 3.05) is 37.4 Å². The molecule has 1 atom stereocenters. The molecule has 1 saturated carbocycles. The molecule has 0 bridgehead atoms. The third-order valence-corrected chi connectivity index (χ3v) is 7.28. The highest BCUT2D eigenvalue weighted by molar-refractivity contribution is 5.95. The molecule has 3 N–H and O–H groups in total. The van der Waals surface area contributed by atoms with Crippen molar-refractivity contribution in [2.24, 2.45) is 11.8 Å². The number of nitrogens with zero attached hydrogens (tertiary/aromatic N) is 3. The number of carbonyl (C=O) groups excluding carboxylic acids is 1. The Morgan fingerprint density at radius 1 is 1.11 bits per heavy atom. The number of ether oxygens (including phenoxy) is 2. The summed E-state index contributed by atoms with van der Waals surface area (Å²) in [6, 6.07) is 15.0. The van der Waals surface area contributed by atoms with E-state index in [1.54, 1.807) is 19.4 Å². The molecule has 2 fully saturated rings. The predicted molar refractivity (Wildman–Crippen MR) is 145 cm³/mol. The normalized spacial score (nSPS) is 16.8. The summed E-state index contributed by atoms with van der Waals surface area (Å²) in [5, 5.41) is 3.21. The van der Waals surface area contributed by atoms with Crippen molar-refractivity contribution in [3.63, 3.8) is 0 Å². The zero-order valence-electron chi connectivity index (χ0n) is 21.5. The highest BCUT2D eigenvalue weighted by Gasteiger charge is 2.27. The Bertz CT molecular complexity index is 1240. The summed E-state index contributed by atoms with van der Waals surface area (Å²) in [5.74, 6) is 3.81. The summed E-state index contributed by atoms with van der Waals surface area (Å²) in [4.78, 5) is 24.6. The number of aromatic nitrogens is 2. The summed E-state index contributed by atoms with van der Waals surface area (Å²) < 4.78 is 11.3. The first-order chi connectivity index (χ1) is 18.0. The van der Waals surface area contributed by atoms with Gasteiger partial charge in [-0.15, -0.1) is 0 Å². The molecular weight excluding hydrogens is 466 g/mol. The molecule has 1 aromatic heterocycles. The van der Waals surface area contributed by atoms with Gasteiger partial charge in [-0.05, 0) is 74.8 Å². The fourth-order valence-electron chi connectivity index (χ4n) is 4.78. The lowest BCUT2D eigenvalue weighted by Crippen LogP contribution is -2.44.